The van der Waals surface area contributed by atoms with Gasteiger partial charge >= 0.3 is 0 Å². The normalized spacial score (nSPS) is 13.1. The fraction of sp³-hybridized carbons (Fsp3) is 0.600. The second-order valence-electron chi connectivity index (χ2n) is 5.11. The first-order valence-electron chi connectivity index (χ1n) is 6.67. The fourth-order valence-electron chi connectivity index (χ4n) is 2.12. The maximum absolute atomic E-state index is 14.1. The van der Waals surface area contributed by atoms with E-state index in [1.165, 1.54) is 12.1 Å². The van der Waals surface area contributed by atoms with Crippen molar-refractivity contribution in [1.29, 1.82) is 0 Å². The number of unbranched alkanes of at least 4 members (excludes halogenated alkanes) is 1. The lowest BCUT2D eigenvalue weighted by Gasteiger charge is -2.23. The molecule has 0 aliphatic heterocycles. The van der Waals surface area contributed by atoms with Gasteiger partial charge in [0, 0.05) is 17.6 Å². The summed E-state index contributed by atoms with van der Waals surface area (Å²) in [6.07, 6.45) is 2.73. The Kier molecular flexibility index (Phi) is 5.73. The van der Waals surface area contributed by atoms with Gasteiger partial charge in [0.15, 0.2) is 0 Å². The number of benzene rings is 1. The molecule has 1 unspecified atom stereocenters. The summed E-state index contributed by atoms with van der Waals surface area (Å²) in [5, 5.41) is 3.26. The third-order valence-corrected chi connectivity index (χ3v) is 3.05. The van der Waals surface area contributed by atoms with E-state index >= 15 is 0 Å². The molecule has 1 atom stereocenters. The van der Waals surface area contributed by atoms with Gasteiger partial charge in [0.2, 0.25) is 0 Å². The lowest BCUT2D eigenvalue weighted by molar-refractivity contribution is 0.405. The molecule has 0 aliphatic carbocycles. The first-order chi connectivity index (χ1) is 8.47. The van der Waals surface area contributed by atoms with Gasteiger partial charge in [-0.15, -0.1) is 0 Å². The molecule has 0 aliphatic rings. The van der Waals surface area contributed by atoms with Crippen LogP contribution in [0.25, 0.3) is 0 Å². The average molecular weight is 255 g/mol. The Balaban J connectivity index is 3.07. The maximum Gasteiger partial charge on any atom is 0.133 e. The van der Waals surface area contributed by atoms with Gasteiger partial charge in [-0.25, -0.2) is 8.78 Å². The molecule has 1 aromatic rings. The van der Waals surface area contributed by atoms with Crippen molar-refractivity contribution in [3.05, 3.63) is 34.9 Å². The van der Waals surface area contributed by atoms with E-state index in [1.54, 1.807) is 6.92 Å². The van der Waals surface area contributed by atoms with Crippen LogP contribution >= 0.6 is 0 Å². The molecule has 0 saturated carbocycles. The van der Waals surface area contributed by atoms with Crippen molar-refractivity contribution < 1.29 is 8.78 Å². The van der Waals surface area contributed by atoms with E-state index in [1.807, 2.05) is 13.8 Å². The number of hydrogen-bond acceptors (Lipinski definition) is 1. The smallest absolute Gasteiger partial charge is 0.133 e. The second-order valence-corrected chi connectivity index (χ2v) is 5.11. The van der Waals surface area contributed by atoms with Gasteiger partial charge in [0.25, 0.3) is 0 Å². The molecule has 1 nitrogen and oxygen atoms in total. The highest BCUT2D eigenvalue weighted by Crippen LogP contribution is 2.27. The van der Waals surface area contributed by atoms with Crippen molar-refractivity contribution in [1.82, 2.24) is 5.32 Å². The molecule has 1 N–H and O–H groups in total. The topological polar surface area (TPSA) is 12.0 Å². The van der Waals surface area contributed by atoms with Crippen LogP contribution < -0.4 is 5.32 Å². The Morgan fingerprint density at radius 3 is 2.44 bits per heavy atom. The predicted molar refractivity (Wildman–Crippen MR) is 71.6 cm³/mol. The van der Waals surface area contributed by atoms with Gasteiger partial charge in [-0.05, 0) is 25.0 Å². The SMILES string of the molecule is CCCCC(NC(C)C)c1c(F)ccc(C)c1F. The monoisotopic (exact) mass is 255 g/mol. The molecule has 1 rings (SSSR count). The molecule has 102 valence electrons. The van der Waals surface area contributed by atoms with Gasteiger partial charge in [-0.3, -0.25) is 0 Å². The Morgan fingerprint density at radius 2 is 1.89 bits per heavy atom. The van der Waals surface area contributed by atoms with Crippen LogP contribution in [0.4, 0.5) is 8.78 Å². The van der Waals surface area contributed by atoms with E-state index in [9.17, 15) is 8.78 Å². The van der Waals surface area contributed by atoms with E-state index in [0.717, 1.165) is 19.3 Å². The minimum Gasteiger partial charge on any atom is -0.308 e. The lowest BCUT2D eigenvalue weighted by atomic mass is 9.97. The summed E-state index contributed by atoms with van der Waals surface area (Å²) in [6.45, 7) is 7.73. The van der Waals surface area contributed by atoms with Crippen LogP contribution in [0.5, 0.6) is 0 Å². The zero-order valence-corrected chi connectivity index (χ0v) is 11.7. The van der Waals surface area contributed by atoms with Crippen LogP contribution in [0.3, 0.4) is 0 Å². The molecule has 0 aromatic heterocycles. The first-order valence-corrected chi connectivity index (χ1v) is 6.67. The van der Waals surface area contributed by atoms with Crippen LogP contribution in [0.1, 0.15) is 57.2 Å². The largest absolute Gasteiger partial charge is 0.308 e. The highest BCUT2D eigenvalue weighted by Gasteiger charge is 2.21. The predicted octanol–water partition coefficient (Wildman–Crippen LogP) is 4.50. The van der Waals surface area contributed by atoms with Crippen molar-refractivity contribution in [3.63, 3.8) is 0 Å². The van der Waals surface area contributed by atoms with Crippen molar-refractivity contribution >= 4 is 0 Å². The van der Waals surface area contributed by atoms with Gasteiger partial charge in [-0.2, -0.15) is 0 Å². The summed E-state index contributed by atoms with van der Waals surface area (Å²) in [6, 6.07) is 2.80. The van der Waals surface area contributed by atoms with E-state index in [0.29, 0.717) is 5.56 Å². The Labute approximate surface area is 109 Å². The first kappa shape index (κ1) is 15.1. The van der Waals surface area contributed by atoms with Crippen molar-refractivity contribution in [3.8, 4) is 0 Å². The van der Waals surface area contributed by atoms with Crippen LogP contribution in [-0.2, 0) is 0 Å². The van der Waals surface area contributed by atoms with Gasteiger partial charge in [0.05, 0.1) is 0 Å². The molecule has 0 saturated heterocycles. The number of hydrogen-bond donors (Lipinski definition) is 1. The lowest BCUT2D eigenvalue weighted by Crippen LogP contribution is -2.29. The standard InChI is InChI=1S/C15H23F2N/c1-5-6-7-13(18-10(2)3)14-12(16)9-8-11(4)15(14)17/h8-10,13,18H,5-7H2,1-4H3. The molecule has 0 amide bonds. The van der Waals surface area contributed by atoms with E-state index in [2.05, 4.69) is 12.2 Å². The number of nitrogens with one attached hydrogen (secondary N) is 1. The van der Waals surface area contributed by atoms with Crippen molar-refractivity contribution in [2.45, 2.75) is 59.0 Å². The number of rotatable bonds is 6. The summed E-state index contributed by atoms with van der Waals surface area (Å²) < 4.78 is 28.0. The van der Waals surface area contributed by atoms with Gasteiger partial charge in [0.1, 0.15) is 11.6 Å². The zero-order chi connectivity index (χ0) is 13.7. The molecular weight excluding hydrogens is 232 g/mol. The van der Waals surface area contributed by atoms with Crippen LogP contribution in [0, 0.1) is 18.6 Å². The third-order valence-electron chi connectivity index (χ3n) is 3.05. The van der Waals surface area contributed by atoms with E-state index in [-0.39, 0.29) is 17.6 Å². The molecule has 3 heteroatoms. The minimum absolute atomic E-state index is 0.192. The molecule has 0 heterocycles. The molecule has 18 heavy (non-hydrogen) atoms. The van der Waals surface area contributed by atoms with Gasteiger partial charge < -0.3 is 5.32 Å². The van der Waals surface area contributed by atoms with Crippen LogP contribution in [0.2, 0.25) is 0 Å². The molecule has 1 aromatic carbocycles. The Hall–Kier alpha value is -0.960. The summed E-state index contributed by atoms with van der Waals surface area (Å²) in [4.78, 5) is 0. The zero-order valence-electron chi connectivity index (χ0n) is 11.7. The summed E-state index contributed by atoms with van der Waals surface area (Å²) >= 11 is 0. The summed E-state index contributed by atoms with van der Waals surface area (Å²) in [5.74, 6) is -0.864. The quantitative estimate of drug-likeness (QED) is 0.789. The Morgan fingerprint density at radius 1 is 1.22 bits per heavy atom. The highest BCUT2D eigenvalue weighted by molar-refractivity contribution is 5.29. The van der Waals surface area contributed by atoms with Gasteiger partial charge in [-0.1, -0.05) is 39.7 Å². The van der Waals surface area contributed by atoms with E-state index in [4.69, 9.17) is 0 Å². The van der Waals surface area contributed by atoms with Crippen molar-refractivity contribution in [2.75, 3.05) is 0 Å². The number of aryl methyl sites for hydroxylation is 1. The number of halogens is 2. The maximum atomic E-state index is 14.1. The van der Waals surface area contributed by atoms with Crippen LogP contribution in [-0.4, -0.2) is 6.04 Å². The molecule has 0 bridgehead atoms. The highest BCUT2D eigenvalue weighted by atomic mass is 19.1. The molecule has 0 spiro atoms. The molecule has 0 fully saturated rings. The van der Waals surface area contributed by atoms with Crippen LogP contribution in [0.15, 0.2) is 12.1 Å². The molecular formula is C15H23F2N. The minimum atomic E-state index is -0.452. The average Bonchev–Trinajstić information content (AvgIpc) is 2.30. The second kappa shape index (κ2) is 6.83. The fourth-order valence-corrected chi connectivity index (χ4v) is 2.12. The van der Waals surface area contributed by atoms with Crippen molar-refractivity contribution in [2.24, 2.45) is 0 Å². The molecule has 0 radical (unpaired) electrons. The Bertz CT molecular complexity index is 388. The summed E-state index contributed by atoms with van der Waals surface area (Å²) in [7, 11) is 0. The van der Waals surface area contributed by atoms with E-state index < -0.39 is 11.6 Å². The third kappa shape index (κ3) is 3.77. The summed E-state index contributed by atoms with van der Waals surface area (Å²) in [5.41, 5.74) is 0.690.